The molecule has 0 heterocycles. The minimum Gasteiger partial charge on any atom is -0.356 e. The van der Waals surface area contributed by atoms with E-state index in [0.29, 0.717) is 11.3 Å². The third-order valence-electron chi connectivity index (χ3n) is 6.16. The number of carbonyl (C=O) groups excluding carboxylic acids is 3. The monoisotopic (exact) mass is 396 g/mol. The Morgan fingerprint density at radius 2 is 1.59 bits per heavy atom. The van der Waals surface area contributed by atoms with Gasteiger partial charge in [-0.1, -0.05) is 11.6 Å². The Hall–Kier alpha value is -2.43. The Morgan fingerprint density at radius 1 is 0.931 bits per heavy atom. The number of hydrogen-bond acceptors (Lipinski definition) is 3. The van der Waals surface area contributed by atoms with Crippen molar-refractivity contribution < 1.29 is 14.4 Å². The van der Waals surface area contributed by atoms with Crippen molar-refractivity contribution in [2.45, 2.75) is 64.7 Å². The minimum absolute atomic E-state index is 0.00340. The molecular weight excluding hydrogens is 364 g/mol. The fraction of sp³-hybridized carbons (Fsp3) is 0.542. The summed E-state index contributed by atoms with van der Waals surface area (Å²) in [6.45, 7) is 2.25. The standard InChI is InChI=1S/C24H32N2O3/c1-17(27)19-11-13-22(14-12-19)26-24(29)21-9-7-20(8-10-21)23(28)25-16-15-18-5-3-2-4-6-18/h5,11-14,20-21H,2-4,6-10,15-16H2,1H3,(H,25,28)(H,26,29). The zero-order valence-electron chi connectivity index (χ0n) is 17.3. The van der Waals surface area contributed by atoms with E-state index in [9.17, 15) is 14.4 Å². The summed E-state index contributed by atoms with van der Waals surface area (Å²) >= 11 is 0. The van der Waals surface area contributed by atoms with E-state index in [1.54, 1.807) is 24.3 Å². The maximum atomic E-state index is 12.5. The lowest BCUT2D eigenvalue weighted by atomic mass is 9.81. The molecule has 2 N–H and O–H groups in total. The summed E-state index contributed by atoms with van der Waals surface area (Å²) in [5.74, 6) is 0.117. The van der Waals surface area contributed by atoms with Crippen molar-refractivity contribution in [1.29, 1.82) is 0 Å². The first-order valence-corrected chi connectivity index (χ1v) is 10.9. The molecule has 0 atom stereocenters. The Bertz CT molecular complexity index is 759. The smallest absolute Gasteiger partial charge is 0.227 e. The number of Topliss-reactive ketones (excluding diaryl/α,β-unsaturated/α-hetero) is 1. The van der Waals surface area contributed by atoms with E-state index in [-0.39, 0.29) is 29.4 Å². The minimum atomic E-state index is -0.0565. The van der Waals surface area contributed by atoms with Crippen LogP contribution in [0.3, 0.4) is 0 Å². The highest BCUT2D eigenvalue weighted by Gasteiger charge is 2.29. The molecular formula is C24H32N2O3. The summed E-state index contributed by atoms with van der Waals surface area (Å²) in [6, 6.07) is 6.97. The quantitative estimate of drug-likeness (QED) is 0.521. The summed E-state index contributed by atoms with van der Waals surface area (Å²) in [5.41, 5.74) is 2.82. The zero-order valence-corrected chi connectivity index (χ0v) is 17.3. The second-order valence-corrected chi connectivity index (χ2v) is 8.32. The van der Waals surface area contributed by atoms with Crippen LogP contribution in [0.15, 0.2) is 35.9 Å². The molecule has 0 bridgehead atoms. The maximum Gasteiger partial charge on any atom is 0.227 e. The molecule has 2 aliphatic rings. The number of hydrogen-bond donors (Lipinski definition) is 2. The van der Waals surface area contributed by atoms with E-state index >= 15 is 0 Å². The lowest BCUT2D eigenvalue weighted by Crippen LogP contribution is -2.36. The second kappa shape index (κ2) is 10.4. The van der Waals surface area contributed by atoms with Crippen LogP contribution in [-0.2, 0) is 9.59 Å². The molecule has 0 aliphatic heterocycles. The molecule has 1 fully saturated rings. The maximum absolute atomic E-state index is 12.5. The van der Waals surface area contributed by atoms with Crippen LogP contribution in [0.25, 0.3) is 0 Å². The predicted octanol–water partition coefficient (Wildman–Crippen LogP) is 4.64. The highest BCUT2D eigenvalue weighted by atomic mass is 16.2. The van der Waals surface area contributed by atoms with Crippen LogP contribution in [0.2, 0.25) is 0 Å². The van der Waals surface area contributed by atoms with Crippen molar-refractivity contribution >= 4 is 23.3 Å². The predicted molar refractivity (Wildman–Crippen MR) is 115 cm³/mol. The van der Waals surface area contributed by atoms with Gasteiger partial charge in [0.1, 0.15) is 0 Å². The van der Waals surface area contributed by atoms with Gasteiger partial charge in [-0.05, 0) is 89.0 Å². The molecule has 0 aromatic heterocycles. The van der Waals surface area contributed by atoms with Crippen LogP contribution in [0.1, 0.15) is 75.1 Å². The molecule has 1 aromatic rings. The number of anilines is 1. The fourth-order valence-corrected chi connectivity index (χ4v) is 4.27. The van der Waals surface area contributed by atoms with Gasteiger partial charge in [-0.25, -0.2) is 0 Å². The zero-order chi connectivity index (χ0) is 20.6. The molecule has 1 aromatic carbocycles. The Balaban J connectivity index is 1.38. The lowest BCUT2D eigenvalue weighted by molar-refractivity contribution is -0.128. The molecule has 2 aliphatic carbocycles. The van der Waals surface area contributed by atoms with E-state index in [1.165, 1.54) is 38.2 Å². The molecule has 29 heavy (non-hydrogen) atoms. The third-order valence-corrected chi connectivity index (χ3v) is 6.16. The van der Waals surface area contributed by atoms with Crippen molar-refractivity contribution in [1.82, 2.24) is 5.32 Å². The van der Waals surface area contributed by atoms with Gasteiger partial charge in [-0.2, -0.15) is 0 Å². The average molecular weight is 397 g/mol. The molecule has 0 radical (unpaired) electrons. The van der Waals surface area contributed by atoms with Crippen LogP contribution in [0.4, 0.5) is 5.69 Å². The Labute approximate surface area is 173 Å². The number of nitrogens with one attached hydrogen (secondary N) is 2. The van der Waals surface area contributed by atoms with Crippen LogP contribution in [-0.4, -0.2) is 24.1 Å². The van der Waals surface area contributed by atoms with Gasteiger partial charge in [0.2, 0.25) is 11.8 Å². The normalized spacial score (nSPS) is 21.8. The van der Waals surface area contributed by atoms with Gasteiger partial charge < -0.3 is 10.6 Å². The SMILES string of the molecule is CC(=O)c1ccc(NC(=O)C2CCC(C(=O)NCCC3=CCCCC3)CC2)cc1. The molecule has 0 unspecified atom stereocenters. The molecule has 2 amide bonds. The second-order valence-electron chi connectivity index (χ2n) is 8.32. The number of benzene rings is 1. The highest BCUT2D eigenvalue weighted by Crippen LogP contribution is 2.30. The molecule has 5 nitrogen and oxygen atoms in total. The van der Waals surface area contributed by atoms with E-state index in [4.69, 9.17) is 0 Å². The molecule has 0 saturated heterocycles. The largest absolute Gasteiger partial charge is 0.356 e. The van der Waals surface area contributed by atoms with Crippen molar-refractivity contribution in [3.8, 4) is 0 Å². The van der Waals surface area contributed by atoms with Crippen LogP contribution < -0.4 is 10.6 Å². The van der Waals surface area contributed by atoms with Crippen molar-refractivity contribution in [2.24, 2.45) is 11.8 Å². The third kappa shape index (κ3) is 6.28. The van der Waals surface area contributed by atoms with Crippen LogP contribution >= 0.6 is 0 Å². The highest BCUT2D eigenvalue weighted by molar-refractivity contribution is 5.96. The first kappa shape index (κ1) is 21.3. The summed E-state index contributed by atoms with van der Waals surface area (Å²) < 4.78 is 0. The van der Waals surface area contributed by atoms with Gasteiger partial charge in [0.15, 0.2) is 5.78 Å². The molecule has 156 valence electrons. The number of ketones is 1. The van der Waals surface area contributed by atoms with Gasteiger partial charge in [0.05, 0.1) is 0 Å². The van der Waals surface area contributed by atoms with Crippen molar-refractivity contribution in [3.05, 3.63) is 41.5 Å². The summed E-state index contributed by atoms with van der Waals surface area (Å²) in [6.07, 6.45) is 11.2. The number of carbonyl (C=O) groups is 3. The van der Waals surface area contributed by atoms with Crippen LogP contribution in [0, 0.1) is 11.8 Å². The van der Waals surface area contributed by atoms with E-state index in [1.807, 2.05) is 0 Å². The molecule has 0 spiro atoms. The average Bonchev–Trinajstić information content (AvgIpc) is 2.75. The Kier molecular flexibility index (Phi) is 7.62. The van der Waals surface area contributed by atoms with Gasteiger partial charge in [0, 0.05) is 29.6 Å². The summed E-state index contributed by atoms with van der Waals surface area (Å²) in [7, 11) is 0. The van der Waals surface area contributed by atoms with E-state index in [0.717, 1.165) is 38.6 Å². The fourth-order valence-electron chi connectivity index (χ4n) is 4.27. The molecule has 1 saturated carbocycles. The number of allylic oxidation sites excluding steroid dienone is 1. The summed E-state index contributed by atoms with van der Waals surface area (Å²) in [4.78, 5) is 36.3. The first-order chi connectivity index (χ1) is 14.0. The van der Waals surface area contributed by atoms with E-state index < -0.39 is 0 Å². The van der Waals surface area contributed by atoms with Gasteiger partial charge in [-0.15, -0.1) is 0 Å². The van der Waals surface area contributed by atoms with Crippen molar-refractivity contribution in [3.63, 3.8) is 0 Å². The molecule has 5 heteroatoms. The first-order valence-electron chi connectivity index (χ1n) is 10.9. The molecule has 3 rings (SSSR count). The van der Waals surface area contributed by atoms with Gasteiger partial charge in [0.25, 0.3) is 0 Å². The van der Waals surface area contributed by atoms with Crippen LogP contribution in [0.5, 0.6) is 0 Å². The number of rotatable bonds is 7. The number of amides is 2. The Morgan fingerprint density at radius 3 is 2.17 bits per heavy atom. The van der Waals surface area contributed by atoms with Gasteiger partial charge >= 0.3 is 0 Å². The van der Waals surface area contributed by atoms with Gasteiger partial charge in [-0.3, -0.25) is 14.4 Å². The summed E-state index contributed by atoms with van der Waals surface area (Å²) in [5, 5.41) is 6.03. The topological polar surface area (TPSA) is 75.3 Å². The lowest BCUT2D eigenvalue weighted by Gasteiger charge is -2.27. The van der Waals surface area contributed by atoms with Crippen molar-refractivity contribution in [2.75, 3.05) is 11.9 Å². The van der Waals surface area contributed by atoms with E-state index in [2.05, 4.69) is 16.7 Å².